The number of aliphatic hydroxyl groups excluding tert-OH is 1. The molecule has 1 aromatic heterocycles. The van der Waals surface area contributed by atoms with Crippen LogP contribution in [0.2, 0.25) is 4.34 Å². The molecule has 0 aliphatic rings. The molecule has 1 unspecified atom stereocenters. The Morgan fingerprint density at radius 2 is 1.83 bits per heavy atom. The molecule has 7 heteroatoms. The highest BCUT2D eigenvalue weighted by molar-refractivity contribution is 7.16. The van der Waals surface area contributed by atoms with E-state index in [4.69, 9.17) is 27.6 Å². The number of thiophene rings is 1. The zero-order valence-electron chi connectivity index (χ0n) is 13.5. The Morgan fingerprint density at radius 3 is 2.30 bits per heavy atom. The summed E-state index contributed by atoms with van der Waals surface area (Å²) < 4.78 is 0.673. The number of nitrogens with zero attached hydrogens (tertiary/aromatic N) is 1. The van der Waals surface area contributed by atoms with Crippen molar-refractivity contribution in [3.05, 3.63) is 57.2 Å². The van der Waals surface area contributed by atoms with Crippen LogP contribution >= 0.6 is 22.9 Å². The van der Waals surface area contributed by atoms with Gasteiger partial charge in [0.2, 0.25) is 0 Å². The van der Waals surface area contributed by atoms with Crippen LogP contribution in [0.5, 0.6) is 0 Å². The first-order valence-corrected chi connectivity index (χ1v) is 8.35. The van der Waals surface area contributed by atoms with Crippen molar-refractivity contribution in [1.82, 2.24) is 5.32 Å². The smallest absolute Gasteiger partial charge is 0.161 e. The van der Waals surface area contributed by atoms with E-state index in [1.54, 1.807) is 6.07 Å². The third kappa shape index (κ3) is 7.47. The lowest BCUT2D eigenvalue weighted by Gasteiger charge is -2.15. The highest BCUT2D eigenvalue weighted by Gasteiger charge is 2.18. The molecule has 0 aliphatic heterocycles. The number of oxime groups is 1. The quantitative estimate of drug-likeness (QED) is 0.285. The monoisotopic (exact) mass is 357 g/mol. The number of amidine groups is 1. The number of aliphatic hydroxyl groups is 1. The van der Waals surface area contributed by atoms with Gasteiger partial charge in [-0.05, 0) is 17.7 Å². The Bertz CT molecular complexity index is 561. The lowest BCUT2D eigenvalue weighted by molar-refractivity contribution is 0.314. The minimum absolute atomic E-state index is 0.120. The van der Waals surface area contributed by atoms with Crippen molar-refractivity contribution in [3.8, 4) is 0 Å². The molecule has 0 spiro atoms. The van der Waals surface area contributed by atoms with E-state index in [0.717, 1.165) is 17.6 Å². The van der Waals surface area contributed by atoms with Gasteiger partial charge in [-0.15, -0.1) is 11.3 Å². The lowest BCUT2D eigenvalue weighted by Crippen LogP contribution is -2.33. The normalized spacial score (nSPS) is 11.6. The number of halogens is 1. The summed E-state index contributed by atoms with van der Waals surface area (Å²) >= 11 is 7.32. The molecule has 0 saturated heterocycles. The van der Waals surface area contributed by atoms with Crippen molar-refractivity contribution < 1.29 is 10.3 Å². The van der Waals surface area contributed by atoms with Gasteiger partial charge in [0.15, 0.2) is 5.84 Å². The average molecular weight is 358 g/mol. The molecule has 0 fully saturated rings. The molecule has 5 N–H and O–H groups in total. The van der Waals surface area contributed by atoms with E-state index in [0.29, 0.717) is 10.9 Å². The molecule has 0 saturated carbocycles. The van der Waals surface area contributed by atoms with Gasteiger partial charge >= 0.3 is 0 Å². The fraction of sp³-hybridized carbons (Fsp3) is 0.312. The number of hydrogen-bond acceptors (Lipinski definition) is 5. The maximum absolute atomic E-state index is 8.87. The van der Waals surface area contributed by atoms with Crippen LogP contribution in [0.4, 0.5) is 0 Å². The second kappa shape index (κ2) is 12.9. The van der Waals surface area contributed by atoms with Crippen LogP contribution in [0.25, 0.3) is 0 Å². The average Bonchev–Trinajstić information content (AvgIpc) is 3.05. The van der Waals surface area contributed by atoms with Gasteiger partial charge in [-0.2, -0.15) is 0 Å². The van der Waals surface area contributed by atoms with Gasteiger partial charge < -0.3 is 16.0 Å². The first-order valence-electron chi connectivity index (χ1n) is 7.15. The zero-order chi connectivity index (χ0) is 17.7. The van der Waals surface area contributed by atoms with Gasteiger partial charge in [0.05, 0.1) is 4.34 Å². The van der Waals surface area contributed by atoms with Crippen LogP contribution in [0.15, 0.2) is 47.6 Å². The number of hydrogen-bond donors (Lipinski definition) is 4. The maximum Gasteiger partial charge on any atom is 0.161 e. The summed E-state index contributed by atoms with van der Waals surface area (Å²) in [6.07, 6.45) is 0. The summed E-state index contributed by atoms with van der Waals surface area (Å²) in [6, 6.07) is 13.2. The lowest BCUT2D eigenvalue weighted by atomic mass is 10.2. The molecular formula is C16H24ClN3O2S. The van der Waals surface area contributed by atoms with E-state index in [1.807, 2.05) is 50.2 Å². The Balaban J connectivity index is 0.00000112. The molecule has 1 atom stereocenters. The fourth-order valence-electron chi connectivity index (χ4n) is 1.71. The zero-order valence-corrected chi connectivity index (χ0v) is 15.1. The number of nitrogens with one attached hydrogen (secondary N) is 1. The first-order chi connectivity index (χ1) is 11.2. The SMILES string of the molecule is CC.CO.N/C(=N\O)C(NCc1ccccc1)c1ccc(Cl)s1. The van der Waals surface area contributed by atoms with Gasteiger partial charge in [-0.1, -0.05) is 60.9 Å². The molecule has 5 nitrogen and oxygen atoms in total. The van der Waals surface area contributed by atoms with Crippen molar-refractivity contribution in [2.45, 2.75) is 26.4 Å². The van der Waals surface area contributed by atoms with Crippen LogP contribution in [-0.4, -0.2) is 23.3 Å². The number of nitrogens with two attached hydrogens (primary N) is 1. The van der Waals surface area contributed by atoms with E-state index in [2.05, 4.69) is 10.5 Å². The largest absolute Gasteiger partial charge is 0.409 e. The summed E-state index contributed by atoms with van der Waals surface area (Å²) in [5, 5.41) is 22.2. The highest BCUT2D eigenvalue weighted by atomic mass is 35.5. The Morgan fingerprint density at radius 1 is 1.22 bits per heavy atom. The van der Waals surface area contributed by atoms with E-state index in [-0.39, 0.29) is 11.9 Å². The van der Waals surface area contributed by atoms with Crippen molar-refractivity contribution >= 4 is 28.8 Å². The van der Waals surface area contributed by atoms with E-state index in [9.17, 15) is 0 Å². The fourth-order valence-corrected chi connectivity index (χ4v) is 2.86. The second-order valence-corrected chi connectivity index (χ2v) is 5.71. The van der Waals surface area contributed by atoms with Crippen molar-refractivity contribution in [2.24, 2.45) is 10.9 Å². The molecule has 128 valence electrons. The third-order valence-corrected chi connectivity index (χ3v) is 3.94. The van der Waals surface area contributed by atoms with Gasteiger partial charge in [-0.25, -0.2) is 0 Å². The number of rotatable bonds is 5. The molecule has 0 bridgehead atoms. The van der Waals surface area contributed by atoms with Crippen LogP contribution in [-0.2, 0) is 6.54 Å². The summed E-state index contributed by atoms with van der Waals surface area (Å²) in [6.45, 7) is 4.62. The summed E-state index contributed by atoms with van der Waals surface area (Å²) in [5.74, 6) is 0.120. The molecule has 2 aromatic rings. The Labute approximate surface area is 146 Å². The predicted molar refractivity (Wildman–Crippen MR) is 98.3 cm³/mol. The van der Waals surface area contributed by atoms with Crippen LogP contribution in [0, 0.1) is 0 Å². The molecule has 2 rings (SSSR count). The van der Waals surface area contributed by atoms with Crippen LogP contribution in [0.3, 0.4) is 0 Å². The van der Waals surface area contributed by atoms with E-state index < -0.39 is 0 Å². The van der Waals surface area contributed by atoms with Crippen molar-refractivity contribution in [3.63, 3.8) is 0 Å². The molecule has 1 heterocycles. The van der Waals surface area contributed by atoms with Crippen LogP contribution in [0.1, 0.15) is 30.3 Å². The molecule has 0 amide bonds. The Hall–Kier alpha value is -1.60. The number of benzene rings is 1. The van der Waals surface area contributed by atoms with E-state index in [1.165, 1.54) is 11.3 Å². The van der Waals surface area contributed by atoms with Gasteiger partial charge in [0, 0.05) is 18.5 Å². The van der Waals surface area contributed by atoms with Crippen LogP contribution < -0.4 is 11.1 Å². The van der Waals surface area contributed by atoms with Gasteiger partial charge in [-0.3, -0.25) is 5.32 Å². The van der Waals surface area contributed by atoms with Gasteiger partial charge in [0.25, 0.3) is 0 Å². The van der Waals surface area contributed by atoms with Crippen molar-refractivity contribution in [1.29, 1.82) is 0 Å². The standard InChI is InChI=1S/C13H14ClN3OS.C2H6.CH4O/c14-11-7-6-10(19-11)12(13(15)17-18)16-8-9-4-2-1-3-5-9;2*1-2/h1-7,12,16,18H,8H2,(H2,15,17);1-2H3;2H,1H3. The third-order valence-electron chi connectivity index (χ3n) is 2.64. The topological polar surface area (TPSA) is 90.9 Å². The summed E-state index contributed by atoms with van der Waals surface area (Å²) in [5.41, 5.74) is 6.85. The predicted octanol–water partition coefficient (Wildman–Crippen LogP) is 3.61. The molecular weight excluding hydrogens is 334 g/mol. The second-order valence-electron chi connectivity index (χ2n) is 3.97. The highest BCUT2D eigenvalue weighted by Crippen LogP contribution is 2.27. The van der Waals surface area contributed by atoms with E-state index >= 15 is 0 Å². The molecule has 0 radical (unpaired) electrons. The molecule has 0 aliphatic carbocycles. The minimum atomic E-state index is -0.345. The molecule has 23 heavy (non-hydrogen) atoms. The molecule has 1 aromatic carbocycles. The summed E-state index contributed by atoms with van der Waals surface area (Å²) in [4.78, 5) is 0.913. The van der Waals surface area contributed by atoms with Gasteiger partial charge in [0.1, 0.15) is 6.04 Å². The first kappa shape index (κ1) is 21.4. The van der Waals surface area contributed by atoms with Crippen molar-refractivity contribution in [2.75, 3.05) is 7.11 Å². The maximum atomic E-state index is 8.87. The summed E-state index contributed by atoms with van der Waals surface area (Å²) in [7, 11) is 1.00. The Kier molecular flexibility index (Phi) is 12.0. The minimum Gasteiger partial charge on any atom is -0.409 e.